The van der Waals surface area contributed by atoms with Crippen LogP contribution in [0.25, 0.3) is 0 Å². The molecule has 2 aromatic rings. The average Bonchev–Trinajstić information content (AvgIpc) is 2.84. The molecule has 0 bridgehead atoms. The minimum Gasteiger partial charge on any atom is -0.370 e. The summed E-state index contributed by atoms with van der Waals surface area (Å²) in [4.78, 5) is 15.6. The molecule has 0 saturated heterocycles. The first-order valence-electron chi connectivity index (χ1n) is 7.23. The fourth-order valence-corrected chi connectivity index (χ4v) is 2.93. The van der Waals surface area contributed by atoms with Gasteiger partial charge >= 0.3 is 0 Å². The number of anilines is 2. The van der Waals surface area contributed by atoms with E-state index in [1.165, 1.54) is 0 Å². The van der Waals surface area contributed by atoms with Gasteiger partial charge in [-0.25, -0.2) is 15.0 Å². The van der Waals surface area contributed by atoms with Gasteiger partial charge in [0.1, 0.15) is 18.0 Å². The maximum atomic E-state index is 4.53. The van der Waals surface area contributed by atoms with Gasteiger partial charge in [0.2, 0.25) is 0 Å². The third-order valence-corrected chi connectivity index (χ3v) is 4.03. The molecule has 114 valence electrons. The van der Waals surface area contributed by atoms with Crippen LogP contribution >= 0.6 is 11.3 Å². The Hall–Kier alpha value is -1.69. The summed E-state index contributed by atoms with van der Waals surface area (Å²) < 4.78 is 0. The minimum atomic E-state index is 0.356. The van der Waals surface area contributed by atoms with Crippen molar-refractivity contribution < 1.29 is 0 Å². The van der Waals surface area contributed by atoms with Gasteiger partial charge in [0.15, 0.2) is 0 Å². The van der Waals surface area contributed by atoms with Crippen LogP contribution in [0.1, 0.15) is 43.0 Å². The zero-order chi connectivity index (χ0) is 15.4. The molecule has 0 radical (unpaired) electrons. The molecule has 0 aliphatic rings. The Balaban J connectivity index is 2.31. The van der Waals surface area contributed by atoms with Crippen LogP contribution in [0.15, 0.2) is 11.7 Å². The van der Waals surface area contributed by atoms with Gasteiger partial charge in [-0.1, -0.05) is 13.8 Å². The van der Waals surface area contributed by atoms with Crippen molar-refractivity contribution in [2.24, 2.45) is 0 Å². The van der Waals surface area contributed by atoms with E-state index in [1.54, 1.807) is 17.7 Å². The second-order valence-electron chi connectivity index (χ2n) is 5.36. The molecule has 2 rings (SSSR count). The molecule has 21 heavy (non-hydrogen) atoms. The van der Waals surface area contributed by atoms with E-state index >= 15 is 0 Å². The van der Waals surface area contributed by atoms with Gasteiger partial charge in [-0.3, -0.25) is 0 Å². The molecule has 2 heterocycles. The topological polar surface area (TPSA) is 53.9 Å². The van der Waals surface area contributed by atoms with Crippen LogP contribution in [0.4, 0.5) is 11.6 Å². The van der Waals surface area contributed by atoms with E-state index in [0.717, 1.165) is 41.0 Å². The van der Waals surface area contributed by atoms with Crippen LogP contribution in [0, 0.1) is 6.92 Å². The lowest BCUT2D eigenvalue weighted by Gasteiger charge is -2.23. The third-order valence-electron chi connectivity index (χ3n) is 3.21. The molecular weight excluding hydrogens is 282 g/mol. The van der Waals surface area contributed by atoms with Gasteiger partial charge in [0.25, 0.3) is 0 Å². The van der Waals surface area contributed by atoms with Crippen molar-refractivity contribution in [3.8, 4) is 0 Å². The highest BCUT2D eigenvalue weighted by Crippen LogP contribution is 2.30. The van der Waals surface area contributed by atoms with Gasteiger partial charge in [-0.05, 0) is 19.8 Å². The molecule has 0 saturated carbocycles. The first-order chi connectivity index (χ1) is 10.0. The fourth-order valence-electron chi connectivity index (χ4n) is 2.33. The molecule has 0 aliphatic heterocycles. The number of thiazole rings is 1. The second-order valence-corrected chi connectivity index (χ2v) is 6.42. The molecule has 0 aliphatic carbocycles. The highest BCUT2D eigenvalue weighted by molar-refractivity contribution is 7.09. The molecule has 1 N–H and O–H groups in total. The number of hydrogen-bond donors (Lipinski definition) is 1. The van der Waals surface area contributed by atoms with E-state index in [4.69, 9.17) is 0 Å². The largest absolute Gasteiger partial charge is 0.370 e. The monoisotopic (exact) mass is 305 g/mol. The van der Waals surface area contributed by atoms with Crippen molar-refractivity contribution >= 4 is 23.0 Å². The van der Waals surface area contributed by atoms with Crippen LogP contribution in [-0.4, -0.2) is 28.5 Å². The first kappa shape index (κ1) is 15.7. The second kappa shape index (κ2) is 6.85. The Morgan fingerprint density at radius 2 is 2.10 bits per heavy atom. The smallest absolute Gasteiger partial charge is 0.137 e. The molecule has 0 fully saturated rings. The summed E-state index contributed by atoms with van der Waals surface area (Å²) in [5, 5.41) is 6.53. The lowest BCUT2D eigenvalue weighted by Crippen LogP contribution is -2.21. The maximum absolute atomic E-state index is 4.53. The Morgan fingerprint density at radius 3 is 2.67 bits per heavy atom. The van der Waals surface area contributed by atoms with E-state index in [1.807, 2.05) is 6.92 Å². The molecular formula is C15H23N5S. The number of aromatic nitrogens is 3. The minimum absolute atomic E-state index is 0.356. The summed E-state index contributed by atoms with van der Waals surface area (Å²) in [6, 6.07) is 0. The molecule has 0 unspecified atom stereocenters. The normalized spacial score (nSPS) is 11.0. The summed E-state index contributed by atoms with van der Waals surface area (Å²) in [6.45, 7) is 10.1. The number of hydrogen-bond acceptors (Lipinski definition) is 6. The van der Waals surface area contributed by atoms with Gasteiger partial charge in [0, 0.05) is 24.5 Å². The number of rotatable bonds is 6. The van der Waals surface area contributed by atoms with Crippen molar-refractivity contribution in [1.29, 1.82) is 0 Å². The summed E-state index contributed by atoms with van der Waals surface area (Å²) >= 11 is 1.68. The predicted octanol–water partition coefficient (Wildman–Crippen LogP) is 3.43. The average molecular weight is 305 g/mol. The summed E-state index contributed by atoms with van der Waals surface area (Å²) in [6.07, 6.45) is 1.63. The molecule has 0 amide bonds. The van der Waals surface area contributed by atoms with E-state index in [2.05, 4.69) is 58.4 Å². The zero-order valence-corrected chi connectivity index (χ0v) is 14.2. The van der Waals surface area contributed by atoms with Crippen LogP contribution in [-0.2, 0) is 6.54 Å². The van der Waals surface area contributed by atoms with Gasteiger partial charge < -0.3 is 10.2 Å². The van der Waals surface area contributed by atoms with Crippen LogP contribution in [0.2, 0.25) is 0 Å². The van der Waals surface area contributed by atoms with Crippen LogP contribution < -0.4 is 10.2 Å². The van der Waals surface area contributed by atoms with Crippen molar-refractivity contribution in [3.05, 3.63) is 28.0 Å². The lowest BCUT2D eigenvalue weighted by molar-refractivity contribution is 0.801. The van der Waals surface area contributed by atoms with Crippen molar-refractivity contribution in [2.75, 3.05) is 23.8 Å². The Kier molecular flexibility index (Phi) is 5.12. The van der Waals surface area contributed by atoms with Crippen LogP contribution in [0.3, 0.4) is 0 Å². The van der Waals surface area contributed by atoms with Crippen LogP contribution in [0.5, 0.6) is 0 Å². The predicted molar refractivity (Wildman–Crippen MR) is 89.2 cm³/mol. The van der Waals surface area contributed by atoms with E-state index in [-0.39, 0.29) is 0 Å². The Bertz CT molecular complexity index is 593. The van der Waals surface area contributed by atoms with Crippen molar-refractivity contribution in [3.63, 3.8) is 0 Å². The van der Waals surface area contributed by atoms with Crippen molar-refractivity contribution in [1.82, 2.24) is 15.0 Å². The molecule has 0 atom stereocenters. The summed E-state index contributed by atoms with van der Waals surface area (Å²) in [7, 11) is 2.05. The standard InChI is InChI=1S/C15H23N5S/c1-6-16-14-13(10(2)3)15(18-9-17-14)20(5)7-12-8-21-11(4)19-12/h8-10H,6-7H2,1-5H3,(H,16,17,18). The van der Waals surface area contributed by atoms with E-state index in [0.29, 0.717) is 5.92 Å². The first-order valence-corrected chi connectivity index (χ1v) is 8.11. The lowest BCUT2D eigenvalue weighted by atomic mass is 10.0. The Labute approximate surface area is 130 Å². The number of nitrogens with zero attached hydrogens (tertiary/aromatic N) is 4. The summed E-state index contributed by atoms with van der Waals surface area (Å²) in [5.74, 6) is 2.26. The van der Waals surface area contributed by atoms with Gasteiger partial charge in [-0.15, -0.1) is 11.3 Å². The van der Waals surface area contributed by atoms with E-state index < -0.39 is 0 Å². The van der Waals surface area contributed by atoms with E-state index in [9.17, 15) is 0 Å². The maximum Gasteiger partial charge on any atom is 0.137 e. The highest BCUT2D eigenvalue weighted by Gasteiger charge is 2.18. The van der Waals surface area contributed by atoms with Gasteiger partial charge in [-0.2, -0.15) is 0 Å². The van der Waals surface area contributed by atoms with Crippen molar-refractivity contribution in [2.45, 2.75) is 40.2 Å². The SMILES string of the molecule is CCNc1ncnc(N(C)Cc2csc(C)n2)c1C(C)C. The molecule has 2 aromatic heterocycles. The molecule has 0 spiro atoms. The number of aryl methyl sites for hydroxylation is 1. The molecule has 5 nitrogen and oxygen atoms in total. The fraction of sp³-hybridized carbons (Fsp3) is 0.533. The molecule has 0 aromatic carbocycles. The highest BCUT2D eigenvalue weighted by atomic mass is 32.1. The molecule has 6 heteroatoms. The zero-order valence-electron chi connectivity index (χ0n) is 13.3. The third kappa shape index (κ3) is 3.69. The van der Waals surface area contributed by atoms with Gasteiger partial charge in [0.05, 0.1) is 17.2 Å². The Morgan fingerprint density at radius 1 is 1.33 bits per heavy atom. The quantitative estimate of drug-likeness (QED) is 0.886. The summed E-state index contributed by atoms with van der Waals surface area (Å²) in [5.41, 5.74) is 2.24. The number of nitrogens with one attached hydrogen (secondary N) is 1.